The molecule has 0 radical (unpaired) electrons. The summed E-state index contributed by atoms with van der Waals surface area (Å²) in [6.45, 7) is 6.85. The van der Waals surface area contributed by atoms with Crippen LogP contribution in [0.25, 0.3) is 5.52 Å². The van der Waals surface area contributed by atoms with Crippen molar-refractivity contribution in [1.82, 2.24) is 19.4 Å². The molecule has 5 heteroatoms. The summed E-state index contributed by atoms with van der Waals surface area (Å²) < 4.78 is 2.08. The van der Waals surface area contributed by atoms with Crippen LogP contribution in [-0.2, 0) is 0 Å². The molecule has 2 saturated heterocycles. The quantitative estimate of drug-likeness (QED) is 0.846. The first kappa shape index (κ1) is 15.0. The average Bonchev–Trinajstić information content (AvgIpc) is 2.99. The van der Waals surface area contributed by atoms with Gasteiger partial charge in [-0.1, -0.05) is 6.07 Å². The van der Waals surface area contributed by atoms with Crippen LogP contribution in [0.4, 0.5) is 5.69 Å². The van der Waals surface area contributed by atoms with Crippen LogP contribution in [0, 0.1) is 0 Å². The summed E-state index contributed by atoms with van der Waals surface area (Å²) in [7, 11) is 4.41. The summed E-state index contributed by atoms with van der Waals surface area (Å²) in [5, 5.41) is 4.63. The third-order valence-corrected chi connectivity index (χ3v) is 5.55. The summed E-state index contributed by atoms with van der Waals surface area (Å²) in [6.07, 6.45) is 6.81. The van der Waals surface area contributed by atoms with E-state index >= 15 is 0 Å². The Bertz CT molecular complexity index is 663. The molecule has 0 atom stereocenters. The highest BCUT2D eigenvalue weighted by atomic mass is 15.3. The second-order valence-electron chi connectivity index (χ2n) is 7.19. The smallest absolute Gasteiger partial charge is 0.0895 e. The van der Waals surface area contributed by atoms with Gasteiger partial charge in [-0.15, -0.1) is 0 Å². The molecule has 2 aliphatic heterocycles. The molecule has 0 aromatic carbocycles. The maximum absolute atomic E-state index is 4.63. The highest BCUT2D eigenvalue weighted by Crippen LogP contribution is 2.29. The van der Waals surface area contributed by atoms with Crippen LogP contribution in [0.5, 0.6) is 0 Å². The van der Waals surface area contributed by atoms with Gasteiger partial charge in [-0.3, -0.25) is 0 Å². The Morgan fingerprint density at radius 3 is 2.35 bits per heavy atom. The Balaban J connectivity index is 1.56. The number of piperidine rings is 1. The van der Waals surface area contributed by atoms with Crippen LogP contribution in [0.15, 0.2) is 24.5 Å². The molecule has 0 aliphatic carbocycles. The Morgan fingerprint density at radius 2 is 1.61 bits per heavy atom. The summed E-state index contributed by atoms with van der Waals surface area (Å²) in [5.74, 6) is 0.687. The lowest BCUT2D eigenvalue weighted by Crippen LogP contribution is -2.44. The molecule has 124 valence electrons. The topological polar surface area (TPSA) is 27.0 Å². The average molecular weight is 313 g/mol. The maximum atomic E-state index is 4.63. The van der Waals surface area contributed by atoms with Crippen LogP contribution in [-0.4, -0.2) is 72.8 Å². The minimum Gasteiger partial charge on any atom is -0.366 e. The molecule has 0 saturated carbocycles. The monoisotopic (exact) mass is 313 g/mol. The zero-order valence-corrected chi connectivity index (χ0v) is 14.3. The number of likely N-dealkylation sites (N-methyl/N-ethyl adjacent to an activating group) is 1. The van der Waals surface area contributed by atoms with Crippen LogP contribution < -0.4 is 4.90 Å². The lowest BCUT2D eigenvalue weighted by molar-refractivity contribution is 0.255. The Kier molecular flexibility index (Phi) is 3.99. The van der Waals surface area contributed by atoms with Gasteiger partial charge in [-0.2, -0.15) is 5.10 Å². The highest BCUT2D eigenvalue weighted by molar-refractivity contribution is 5.72. The third-order valence-electron chi connectivity index (χ3n) is 5.55. The number of likely N-dealkylation sites (tertiary alicyclic amines) is 1. The van der Waals surface area contributed by atoms with E-state index in [4.69, 9.17) is 0 Å². The molecule has 2 fully saturated rings. The van der Waals surface area contributed by atoms with Gasteiger partial charge in [0.1, 0.15) is 0 Å². The van der Waals surface area contributed by atoms with Crippen molar-refractivity contribution in [3.8, 4) is 0 Å². The van der Waals surface area contributed by atoms with E-state index in [1.54, 1.807) is 0 Å². The first-order chi connectivity index (χ1) is 11.2. The summed E-state index contributed by atoms with van der Waals surface area (Å²) >= 11 is 0. The van der Waals surface area contributed by atoms with E-state index in [0.717, 1.165) is 26.2 Å². The number of hydrogen-bond donors (Lipinski definition) is 0. The minimum atomic E-state index is 0.687. The van der Waals surface area contributed by atoms with Gasteiger partial charge in [-0.05, 0) is 57.6 Å². The molecule has 2 aromatic rings. The second kappa shape index (κ2) is 6.13. The SMILES string of the molecule is CN1CCC(c2ccc3c(N4CCN(C)CC4)cnn3c2)CC1. The van der Waals surface area contributed by atoms with Gasteiger partial charge in [0.15, 0.2) is 0 Å². The van der Waals surface area contributed by atoms with Crippen molar-refractivity contribution < 1.29 is 0 Å². The van der Waals surface area contributed by atoms with Crippen LogP contribution in [0.1, 0.15) is 24.3 Å². The summed E-state index contributed by atoms with van der Waals surface area (Å²) in [4.78, 5) is 7.28. The van der Waals surface area contributed by atoms with Crippen molar-refractivity contribution in [3.05, 3.63) is 30.1 Å². The molecule has 4 heterocycles. The van der Waals surface area contributed by atoms with E-state index in [1.807, 2.05) is 6.20 Å². The number of fused-ring (bicyclic) bond motifs is 1. The number of anilines is 1. The maximum Gasteiger partial charge on any atom is 0.0895 e. The molecular weight excluding hydrogens is 286 g/mol. The van der Waals surface area contributed by atoms with Crippen LogP contribution in [0.3, 0.4) is 0 Å². The van der Waals surface area contributed by atoms with Crippen molar-refractivity contribution in [3.63, 3.8) is 0 Å². The first-order valence-electron chi connectivity index (χ1n) is 8.80. The standard InChI is InChI=1S/C18H27N5/c1-20-7-5-15(6-8-20)16-3-4-17-18(13-19-23(17)14-16)22-11-9-21(2)10-12-22/h3-4,13-15H,5-12H2,1-2H3. The van der Waals surface area contributed by atoms with E-state index in [2.05, 4.69) is 56.7 Å². The molecule has 23 heavy (non-hydrogen) atoms. The molecule has 0 N–H and O–H groups in total. The van der Waals surface area contributed by atoms with E-state index in [-0.39, 0.29) is 0 Å². The molecular formula is C18H27N5. The van der Waals surface area contributed by atoms with E-state index < -0.39 is 0 Å². The fourth-order valence-electron chi connectivity index (χ4n) is 3.86. The second-order valence-corrected chi connectivity index (χ2v) is 7.19. The van der Waals surface area contributed by atoms with E-state index in [0.29, 0.717) is 5.92 Å². The molecule has 4 rings (SSSR count). The van der Waals surface area contributed by atoms with Crippen LogP contribution in [0.2, 0.25) is 0 Å². The molecule has 0 amide bonds. The predicted molar refractivity (Wildman–Crippen MR) is 94.4 cm³/mol. The van der Waals surface area contributed by atoms with E-state index in [1.165, 1.54) is 42.7 Å². The number of pyridine rings is 1. The normalized spacial score (nSPS) is 22.1. The fraction of sp³-hybridized carbons (Fsp3) is 0.611. The summed E-state index contributed by atoms with van der Waals surface area (Å²) in [5.41, 5.74) is 3.97. The van der Waals surface area contributed by atoms with Gasteiger partial charge in [0, 0.05) is 32.4 Å². The molecule has 5 nitrogen and oxygen atoms in total. The molecule has 0 spiro atoms. The van der Waals surface area contributed by atoms with Gasteiger partial charge < -0.3 is 14.7 Å². The van der Waals surface area contributed by atoms with Gasteiger partial charge in [0.2, 0.25) is 0 Å². The zero-order valence-electron chi connectivity index (χ0n) is 14.3. The largest absolute Gasteiger partial charge is 0.366 e. The van der Waals surface area contributed by atoms with Crippen molar-refractivity contribution in [2.24, 2.45) is 0 Å². The highest BCUT2D eigenvalue weighted by Gasteiger charge is 2.21. The zero-order chi connectivity index (χ0) is 15.8. The van der Waals surface area contributed by atoms with Gasteiger partial charge >= 0.3 is 0 Å². The van der Waals surface area contributed by atoms with Gasteiger partial charge in [-0.25, -0.2) is 4.52 Å². The number of rotatable bonds is 2. The third kappa shape index (κ3) is 2.95. The number of aromatic nitrogens is 2. The molecule has 2 aromatic heterocycles. The van der Waals surface area contributed by atoms with Crippen molar-refractivity contribution >= 4 is 11.2 Å². The number of nitrogens with zero attached hydrogens (tertiary/aromatic N) is 5. The fourth-order valence-corrected chi connectivity index (χ4v) is 3.86. The van der Waals surface area contributed by atoms with Crippen LogP contribution >= 0.6 is 0 Å². The molecule has 0 bridgehead atoms. The summed E-state index contributed by atoms with van der Waals surface area (Å²) in [6, 6.07) is 4.60. The van der Waals surface area contributed by atoms with Crippen molar-refractivity contribution in [2.45, 2.75) is 18.8 Å². The lowest BCUT2D eigenvalue weighted by atomic mass is 9.91. The van der Waals surface area contributed by atoms with E-state index in [9.17, 15) is 0 Å². The Labute approximate surface area is 138 Å². The minimum absolute atomic E-state index is 0.687. The molecule has 2 aliphatic rings. The predicted octanol–water partition coefficient (Wildman–Crippen LogP) is 1.90. The number of hydrogen-bond acceptors (Lipinski definition) is 4. The van der Waals surface area contributed by atoms with Gasteiger partial charge in [0.05, 0.1) is 17.4 Å². The first-order valence-corrected chi connectivity index (χ1v) is 8.80. The van der Waals surface area contributed by atoms with Gasteiger partial charge in [0.25, 0.3) is 0 Å². The number of piperazine rings is 1. The Morgan fingerprint density at radius 1 is 0.913 bits per heavy atom. The lowest BCUT2D eigenvalue weighted by Gasteiger charge is -2.33. The Hall–Kier alpha value is -1.59. The molecule has 0 unspecified atom stereocenters. The van der Waals surface area contributed by atoms with Crippen molar-refractivity contribution in [1.29, 1.82) is 0 Å². The van der Waals surface area contributed by atoms with Crippen molar-refractivity contribution in [2.75, 3.05) is 58.3 Å².